The van der Waals surface area contributed by atoms with Crippen LogP contribution in [0.3, 0.4) is 0 Å². The van der Waals surface area contributed by atoms with Gasteiger partial charge in [-0.2, -0.15) is 0 Å². The fourth-order valence-corrected chi connectivity index (χ4v) is 3.02. The first-order valence-electron chi connectivity index (χ1n) is 6.62. The molecule has 0 bridgehead atoms. The number of aliphatic carboxylic acids is 1. The Hall–Kier alpha value is -1.91. The molecule has 0 saturated heterocycles. The van der Waals surface area contributed by atoms with Crippen LogP contribution in [-0.4, -0.2) is 22.0 Å². The van der Waals surface area contributed by atoms with Crippen molar-refractivity contribution in [3.05, 3.63) is 36.0 Å². The maximum Gasteiger partial charge on any atom is 0.314 e. The molecule has 2 aromatic rings. The van der Waals surface area contributed by atoms with Gasteiger partial charge in [-0.15, -0.1) is 0 Å². The van der Waals surface area contributed by atoms with Gasteiger partial charge in [0.05, 0.1) is 5.41 Å². The van der Waals surface area contributed by atoms with Crippen LogP contribution in [0.5, 0.6) is 0 Å². The van der Waals surface area contributed by atoms with E-state index in [4.69, 9.17) is 0 Å². The predicted molar refractivity (Wildman–Crippen MR) is 71.0 cm³/mol. The molecule has 3 nitrogen and oxygen atoms in total. The summed E-state index contributed by atoms with van der Waals surface area (Å²) in [4.78, 5) is 14.7. The zero-order valence-corrected chi connectivity index (χ0v) is 10.8. The summed E-state index contributed by atoms with van der Waals surface area (Å²) in [5.41, 5.74) is 0.343. The average Bonchev–Trinajstić information content (AvgIpc) is 2.86. The molecule has 0 aliphatic heterocycles. The molecule has 1 heterocycles. The minimum atomic E-state index is -2.74. The zero-order valence-electron chi connectivity index (χ0n) is 10.8. The van der Waals surface area contributed by atoms with Crippen LogP contribution in [0.25, 0.3) is 10.9 Å². The van der Waals surface area contributed by atoms with Gasteiger partial charge in [0.2, 0.25) is 5.92 Å². The van der Waals surface area contributed by atoms with Crippen molar-refractivity contribution in [3.8, 4) is 0 Å². The van der Waals surface area contributed by atoms with Gasteiger partial charge >= 0.3 is 5.97 Å². The number of rotatable bonds is 2. The Morgan fingerprint density at radius 3 is 2.50 bits per heavy atom. The molecule has 1 aliphatic carbocycles. The maximum absolute atomic E-state index is 13.3. The summed E-state index contributed by atoms with van der Waals surface area (Å²) in [7, 11) is 0. The minimum absolute atomic E-state index is 0.0226. The fourth-order valence-electron chi connectivity index (χ4n) is 3.02. The molecule has 0 amide bonds. The third-order valence-corrected chi connectivity index (χ3v) is 4.35. The highest BCUT2D eigenvalue weighted by Gasteiger charge is 2.49. The number of hydrogen-bond donors (Lipinski definition) is 2. The van der Waals surface area contributed by atoms with Gasteiger partial charge < -0.3 is 10.1 Å². The zero-order chi connectivity index (χ0) is 14.4. The number of halogens is 2. The molecular weight excluding hydrogens is 264 g/mol. The summed E-state index contributed by atoms with van der Waals surface area (Å²) >= 11 is 0. The number of H-pyrrole nitrogens is 1. The van der Waals surface area contributed by atoms with Crippen molar-refractivity contribution in [1.29, 1.82) is 0 Å². The second kappa shape index (κ2) is 4.30. The topological polar surface area (TPSA) is 53.1 Å². The van der Waals surface area contributed by atoms with E-state index in [2.05, 4.69) is 4.98 Å². The number of alkyl halides is 2. The molecule has 2 N–H and O–H groups in total. The maximum atomic E-state index is 13.3. The summed E-state index contributed by atoms with van der Waals surface area (Å²) in [5, 5.41) is 10.5. The molecule has 5 heteroatoms. The average molecular weight is 279 g/mol. The van der Waals surface area contributed by atoms with Gasteiger partial charge in [-0.1, -0.05) is 6.07 Å². The van der Waals surface area contributed by atoms with Crippen LogP contribution in [0.2, 0.25) is 0 Å². The van der Waals surface area contributed by atoms with Crippen molar-refractivity contribution in [1.82, 2.24) is 4.98 Å². The van der Waals surface area contributed by atoms with Gasteiger partial charge in [-0.25, -0.2) is 8.78 Å². The second-order valence-corrected chi connectivity index (χ2v) is 5.52. The first-order valence-corrected chi connectivity index (χ1v) is 6.62. The number of carbonyl (C=O) groups is 1. The summed E-state index contributed by atoms with van der Waals surface area (Å²) in [6.45, 7) is 0. The molecule has 106 valence electrons. The molecule has 1 aliphatic rings. The number of carboxylic acid groups (broad SMARTS) is 1. The molecule has 1 aromatic heterocycles. The van der Waals surface area contributed by atoms with Crippen LogP contribution in [0.4, 0.5) is 8.78 Å². The lowest BCUT2D eigenvalue weighted by Gasteiger charge is -2.37. The smallest absolute Gasteiger partial charge is 0.314 e. The van der Waals surface area contributed by atoms with Crippen LogP contribution in [0.15, 0.2) is 30.5 Å². The number of fused-ring (bicyclic) bond motifs is 1. The molecular formula is C15H15F2NO2. The molecule has 1 saturated carbocycles. The lowest BCUT2D eigenvalue weighted by molar-refractivity contribution is -0.149. The summed E-state index contributed by atoms with van der Waals surface area (Å²) in [6.07, 6.45) is 0.988. The predicted octanol–water partition coefficient (Wildman–Crippen LogP) is 3.70. The highest BCUT2D eigenvalue weighted by Crippen LogP contribution is 2.46. The fraction of sp³-hybridized carbons (Fsp3) is 0.400. The molecule has 0 radical (unpaired) electrons. The van der Waals surface area contributed by atoms with Crippen molar-refractivity contribution in [2.45, 2.75) is 37.0 Å². The van der Waals surface area contributed by atoms with Crippen LogP contribution in [0.1, 0.15) is 31.2 Å². The van der Waals surface area contributed by atoms with E-state index in [0.717, 1.165) is 10.9 Å². The van der Waals surface area contributed by atoms with Crippen molar-refractivity contribution in [2.75, 3.05) is 0 Å². The van der Waals surface area contributed by atoms with Crippen molar-refractivity contribution in [3.63, 3.8) is 0 Å². The molecule has 1 aromatic carbocycles. The van der Waals surface area contributed by atoms with E-state index in [-0.39, 0.29) is 25.7 Å². The standard InChI is InChI=1S/C15H15F2NO2/c16-15(17)6-4-14(5-7-15,13(19)20)11-1-2-12-10(9-11)3-8-18-12/h1-3,8-9,18H,4-7H2,(H,19,20). The largest absolute Gasteiger partial charge is 0.481 e. The number of nitrogens with one attached hydrogen (secondary N) is 1. The van der Waals surface area contributed by atoms with E-state index in [9.17, 15) is 18.7 Å². The first-order chi connectivity index (χ1) is 9.43. The number of carboxylic acids is 1. The normalized spacial score (nSPS) is 20.9. The Morgan fingerprint density at radius 2 is 1.85 bits per heavy atom. The van der Waals surface area contributed by atoms with E-state index < -0.39 is 17.3 Å². The molecule has 0 spiro atoms. The number of aromatic nitrogens is 1. The van der Waals surface area contributed by atoms with Crippen molar-refractivity contribution < 1.29 is 18.7 Å². The van der Waals surface area contributed by atoms with Crippen LogP contribution < -0.4 is 0 Å². The summed E-state index contributed by atoms with van der Waals surface area (Å²) < 4.78 is 26.7. The van der Waals surface area contributed by atoms with Gasteiger partial charge in [-0.3, -0.25) is 4.79 Å². The van der Waals surface area contributed by atoms with E-state index in [0.29, 0.717) is 5.56 Å². The Bertz CT molecular complexity index is 653. The van der Waals surface area contributed by atoms with Crippen LogP contribution in [-0.2, 0) is 10.2 Å². The summed E-state index contributed by atoms with van der Waals surface area (Å²) in [5.74, 6) is -3.75. The van der Waals surface area contributed by atoms with E-state index in [1.54, 1.807) is 18.3 Å². The highest BCUT2D eigenvalue weighted by atomic mass is 19.3. The lowest BCUT2D eigenvalue weighted by Crippen LogP contribution is -2.42. The van der Waals surface area contributed by atoms with Gasteiger partial charge in [0.1, 0.15) is 0 Å². The molecule has 1 fully saturated rings. The van der Waals surface area contributed by atoms with Gasteiger partial charge in [0.15, 0.2) is 0 Å². The lowest BCUT2D eigenvalue weighted by atomic mass is 9.68. The minimum Gasteiger partial charge on any atom is -0.481 e. The quantitative estimate of drug-likeness (QED) is 0.880. The van der Waals surface area contributed by atoms with Gasteiger partial charge in [-0.05, 0) is 42.0 Å². The number of benzene rings is 1. The first kappa shape index (κ1) is 13.1. The monoisotopic (exact) mass is 279 g/mol. The second-order valence-electron chi connectivity index (χ2n) is 5.52. The van der Waals surface area contributed by atoms with Crippen molar-refractivity contribution in [2.24, 2.45) is 0 Å². The van der Waals surface area contributed by atoms with Gasteiger partial charge in [0.25, 0.3) is 0 Å². The molecule has 0 unspecified atom stereocenters. The third-order valence-electron chi connectivity index (χ3n) is 4.35. The SMILES string of the molecule is O=C(O)C1(c2ccc3[nH]ccc3c2)CCC(F)(F)CC1. The van der Waals surface area contributed by atoms with Crippen molar-refractivity contribution >= 4 is 16.9 Å². The Morgan fingerprint density at radius 1 is 1.15 bits per heavy atom. The highest BCUT2D eigenvalue weighted by molar-refractivity contribution is 5.86. The third kappa shape index (κ3) is 1.97. The Kier molecular flexibility index (Phi) is 2.81. The Balaban J connectivity index is 2.04. The van der Waals surface area contributed by atoms with E-state index >= 15 is 0 Å². The molecule has 3 rings (SSSR count). The van der Waals surface area contributed by atoms with Crippen LogP contribution >= 0.6 is 0 Å². The van der Waals surface area contributed by atoms with E-state index in [1.807, 2.05) is 12.1 Å². The molecule has 0 atom stereocenters. The summed E-state index contributed by atoms with van der Waals surface area (Å²) in [6, 6.07) is 7.19. The van der Waals surface area contributed by atoms with E-state index in [1.165, 1.54) is 0 Å². The van der Waals surface area contributed by atoms with Crippen LogP contribution in [0, 0.1) is 0 Å². The molecule has 20 heavy (non-hydrogen) atoms. The van der Waals surface area contributed by atoms with Gasteiger partial charge in [0, 0.05) is 24.6 Å². The number of aromatic amines is 1. The Labute approximate surface area is 114 Å². The number of hydrogen-bond acceptors (Lipinski definition) is 1.